The third-order valence-electron chi connectivity index (χ3n) is 6.69. The van der Waals surface area contributed by atoms with Gasteiger partial charge < -0.3 is 14.8 Å². The highest BCUT2D eigenvalue weighted by Gasteiger charge is 2.47. The number of hydrogen-bond acceptors (Lipinski definition) is 5. The number of allylic oxidation sites excluding steroid dienone is 4. The van der Waals surface area contributed by atoms with E-state index in [1.54, 1.807) is 6.07 Å². The van der Waals surface area contributed by atoms with E-state index in [1.165, 1.54) is 0 Å². The normalized spacial score (nSPS) is 22.0. The molecule has 4 rings (SSSR count). The third kappa shape index (κ3) is 4.44. The smallest absolute Gasteiger partial charge is 0.162 e. The van der Waals surface area contributed by atoms with Crippen molar-refractivity contribution in [3.8, 4) is 11.5 Å². The standard InChI is InChI=1S/C27H34ClNO4/c1-7-32-21-9-15(16(28)10-22(21)33-8-2)23-24-17(11-26(3,4)13-19(24)30)29-18-12-27(5,6)14-20(31)25(18)23/h9-10,23,29H,7-8,11-14H2,1-6H3. The molecule has 0 saturated carbocycles. The molecule has 1 heterocycles. The second-order valence-corrected chi connectivity index (χ2v) is 11.3. The van der Waals surface area contributed by atoms with Gasteiger partial charge in [0.05, 0.1) is 13.2 Å². The molecule has 0 atom stereocenters. The predicted molar refractivity (Wildman–Crippen MR) is 130 cm³/mol. The minimum atomic E-state index is -0.495. The molecule has 0 aromatic heterocycles. The number of dihydropyridines is 1. The summed E-state index contributed by atoms with van der Waals surface area (Å²) in [6.45, 7) is 13.2. The Morgan fingerprint density at radius 3 is 1.76 bits per heavy atom. The summed E-state index contributed by atoms with van der Waals surface area (Å²) in [7, 11) is 0. The van der Waals surface area contributed by atoms with Crippen LogP contribution in [0.15, 0.2) is 34.7 Å². The number of ketones is 2. The Balaban J connectivity index is 1.94. The van der Waals surface area contributed by atoms with Crippen LogP contribution in [-0.4, -0.2) is 24.8 Å². The Morgan fingerprint density at radius 2 is 1.30 bits per heavy atom. The van der Waals surface area contributed by atoms with E-state index in [4.69, 9.17) is 21.1 Å². The summed E-state index contributed by atoms with van der Waals surface area (Å²) in [6, 6.07) is 3.62. The van der Waals surface area contributed by atoms with Crippen molar-refractivity contribution in [2.24, 2.45) is 10.8 Å². The minimum absolute atomic E-state index is 0.0749. The van der Waals surface area contributed by atoms with Crippen molar-refractivity contribution >= 4 is 23.2 Å². The molecule has 33 heavy (non-hydrogen) atoms. The number of carbonyl (C=O) groups excluding carboxylic acids is 2. The van der Waals surface area contributed by atoms with Crippen LogP contribution >= 0.6 is 11.6 Å². The second-order valence-electron chi connectivity index (χ2n) is 10.9. The maximum Gasteiger partial charge on any atom is 0.162 e. The lowest BCUT2D eigenvalue weighted by atomic mass is 9.64. The van der Waals surface area contributed by atoms with Crippen LogP contribution in [0.2, 0.25) is 5.02 Å². The van der Waals surface area contributed by atoms with Crippen molar-refractivity contribution in [1.82, 2.24) is 5.32 Å². The molecule has 6 heteroatoms. The van der Waals surface area contributed by atoms with Gasteiger partial charge in [-0.15, -0.1) is 0 Å². The van der Waals surface area contributed by atoms with Gasteiger partial charge in [0.25, 0.3) is 0 Å². The monoisotopic (exact) mass is 471 g/mol. The largest absolute Gasteiger partial charge is 0.490 e. The molecule has 0 radical (unpaired) electrons. The van der Waals surface area contributed by atoms with E-state index in [0.29, 0.717) is 53.7 Å². The maximum absolute atomic E-state index is 13.5. The zero-order valence-corrected chi connectivity index (χ0v) is 21.2. The first-order chi connectivity index (χ1) is 15.5. The summed E-state index contributed by atoms with van der Waals surface area (Å²) in [5.41, 5.74) is 3.65. The highest BCUT2D eigenvalue weighted by molar-refractivity contribution is 6.32. The fraction of sp³-hybridized carbons (Fsp3) is 0.556. The number of nitrogens with one attached hydrogen (secondary N) is 1. The lowest BCUT2D eigenvalue weighted by Gasteiger charge is -2.44. The van der Waals surface area contributed by atoms with Crippen molar-refractivity contribution in [1.29, 1.82) is 0 Å². The quantitative estimate of drug-likeness (QED) is 0.561. The summed E-state index contributed by atoms with van der Waals surface area (Å²) in [4.78, 5) is 27.0. The number of Topliss-reactive ketones (excluding diaryl/α,β-unsaturated/α-hetero) is 2. The third-order valence-corrected chi connectivity index (χ3v) is 7.02. The molecular weight excluding hydrogens is 438 g/mol. The van der Waals surface area contributed by atoms with Gasteiger partial charge in [-0.3, -0.25) is 9.59 Å². The van der Waals surface area contributed by atoms with Gasteiger partial charge in [-0.1, -0.05) is 39.3 Å². The minimum Gasteiger partial charge on any atom is -0.490 e. The summed E-state index contributed by atoms with van der Waals surface area (Å²) in [6.07, 6.45) is 2.39. The van der Waals surface area contributed by atoms with E-state index >= 15 is 0 Å². The number of ether oxygens (including phenoxy) is 2. The second kappa shape index (κ2) is 8.50. The van der Waals surface area contributed by atoms with Gasteiger partial charge in [0.1, 0.15) is 0 Å². The van der Waals surface area contributed by atoms with Crippen molar-refractivity contribution in [2.75, 3.05) is 13.2 Å². The van der Waals surface area contributed by atoms with Crippen LogP contribution in [0.25, 0.3) is 0 Å². The van der Waals surface area contributed by atoms with E-state index in [0.717, 1.165) is 29.8 Å². The van der Waals surface area contributed by atoms with Gasteiger partial charge in [-0.2, -0.15) is 0 Å². The van der Waals surface area contributed by atoms with Crippen molar-refractivity contribution in [2.45, 2.75) is 73.1 Å². The fourth-order valence-electron chi connectivity index (χ4n) is 5.51. The average molecular weight is 472 g/mol. The lowest BCUT2D eigenvalue weighted by Crippen LogP contribution is -2.42. The van der Waals surface area contributed by atoms with Crippen LogP contribution < -0.4 is 14.8 Å². The topological polar surface area (TPSA) is 64.6 Å². The summed E-state index contributed by atoms with van der Waals surface area (Å²) in [5, 5.41) is 4.01. The maximum atomic E-state index is 13.5. The van der Waals surface area contributed by atoms with Crippen molar-refractivity contribution in [3.05, 3.63) is 45.3 Å². The van der Waals surface area contributed by atoms with Crippen molar-refractivity contribution in [3.63, 3.8) is 0 Å². The van der Waals surface area contributed by atoms with Crippen molar-refractivity contribution < 1.29 is 19.1 Å². The fourth-order valence-corrected chi connectivity index (χ4v) is 5.77. The molecule has 1 N–H and O–H groups in total. The van der Waals surface area contributed by atoms with E-state index in [-0.39, 0.29) is 22.4 Å². The zero-order valence-electron chi connectivity index (χ0n) is 20.5. The van der Waals surface area contributed by atoms with Gasteiger partial charge in [-0.25, -0.2) is 0 Å². The molecular formula is C27H34ClNO4. The molecule has 0 unspecified atom stereocenters. The first-order valence-electron chi connectivity index (χ1n) is 11.8. The average Bonchev–Trinajstić information content (AvgIpc) is 2.66. The lowest BCUT2D eigenvalue weighted by molar-refractivity contribution is -0.119. The summed E-state index contributed by atoms with van der Waals surface area (Å²) >= 11 is 6.82. The van der Waals surface area contributed by atoms with Gasteiger partial charge >= 0.3 is 0 Å². The molecule has 5 nitrogen and oxygen atoms in total. The number of hydrogen-bond donors (Lipinski definition) is 1. The highest BCUT2D eigenvalue weighted by atomic mass is 35.5. The molecule has 0 amide bonds. The summed E-state index contributed by atoms with van der Waals surface area (Å²) in [5.74, 6) is 0.800. The Kier molecular flexibility index (Phi) is 6.15. The molecule has 1 aromatic carbocycles. The molecule has 0 saturated heterocycles. The van der Waals surface area contributed by atoms with Gasteiger partial charge in [-0.05, 0) is 49.1 Å². The number of carbonyl (C=O) groups is 2. The molecule has 3 aliphatic rings. The van der Waals surface area contributed by atoms with Crippen LogP contribution in [-0.2, 0) is 9.59 Å². The van der Waals surface area contributed by atoms with Crippen LogP contribution in [0.5, 0.6) is 11.5 Å². The van der Waals surface area contributed by atoms with Crippen LogP contribution in [0, 0.1) is 10.8 Å². The van der Waals surface area contributed by atoms with E-state index in [1.807, 2.05) is 19.9 Å². The number of halogens is 1. The SMILES string of the molecule is CCOc1cc(Cl)c(C2C3=C(CC(C)(C)CC3=O)NC3=C2C(=O)CC(C)(C)C3)cc1OCC. The zero-order chi connectivity index (χ0) is 24.1. The highest BCUT2D eigenvalue weighted by Crippen LogP contribution is 2.53. The van der Waals surface area contributed by atoms with E-state index in [9.17, 15) is 9.59 Å². The van der Waals surface area contributed by atoms with Gasteiger partial charge in [0.15, 0.2) is 23.1 Å². The molecule has 0 bridgehead atoms. The summed E-state index contributed by atoms with van der Waals surface area (Å²) < 4.78 is 11.6. The first kappa shape index (κ1) is 23.9. The molecule has 1 aromatic rings. The van der Waals surface area contributed by atoms with E-state index in [2.05, 4.69) is 33.0 Å². The van der Waals surface area contributed by atoms with Gasteiger partial charge in [0, 0.05) is 52.4 Å². The van der Waals surface area contributed by atoms with Crippen LogP contribution in [0.3, 0.4) is 0 Å². The Morgan fingerprint density at radius 1 is 0.848 bits per heavy atom. The van der Waals surface area contributed by atoms with Crippen LogP contribution in [0.4, 0.5) is 0 Å². The Hall–Kier alpha value is -2.27. The Labute approximate surface area is 201 Å². The number of rotatable bonds is 5. The predicted octanol–water partition coefficient (Wildman–Crippen LogP) is 6.11. The molecule has 2 aliphatic carbocycles. The van der Waals surface area contributed by atoms with Gasteiger partial charge in [0.2, 0.25) is 0 Å². The number of benzene rings is 1. The Bertz CT molecular complexity index is 1030. The van der Waals surface area contributed by atoms with E-state index < -0.39 is 5.92 Å². The molecule has 0 fully saturated rings. The molecule has 178 valence electrons. The van der Waals surface area contributed by atoms with Crippen LogP contribution in [0.1, 0.15) is 78.7 Å². The first-order valence-corrected chi connectivity index (χ1v) is 12.2. The molecule has 0 spiro atoms. The molecule has 1 aliphatic heterocycles.